The number of aromatic amines is 1. The first-order valence-corrected chi connectivity index (χ1v) is 7.87. The number of aromatic nitrogens is 2. The summed E-state index contributed by atoms with van der Waals surface area (Å²) in [5.41, 5.74) is 0. The van der Waals surface area contributed by atoms with Crippen molar-refractivity contribution in [3.05, 3.63) is 12.5 Å². The van der Waals surface area contributed by atoms with Crippen LogP contribution in [0.3, 0.4) is 0 Å². The maximum atomic E-state index is 12.1. The third-order valence-corrected chi connectivity index (χ3v) is 5.01. The number of hydrogen-bond acceptors (Lipinski definition) is 5. The van der Waals surface area contributed by atoms with Crippen molar-refractivity contribution in [3.63, 3.8) is 0 Å². The Labute approximate surface area is 111 Å². The molecule has 106 valence electrons. The number of ether oxygens (including phenoxy) is 2. The van der Waals surface area contributed by atoms with E-state index in [-0.39, 0.29) is 23.3 Å². The van der Waals surface area contributed by atoms with E-state index in [4.69, 9.17) is 9.47 Å². The van der Waals surface area contributed by atoms with Gasteiger partial charge in [-0.15, -0.1) is 0 Å². The lowest BCUT2D eigenvalue weighted by Crippen LogP contribution is -2.49. The lowest BCUT2D eigenvalue weighted by atomic mass is 9.90. The van der Waals surface area contributed by atoms with Gasteiger partial charge in [-0.1, -0.05) is 0 Å². The molecule has 2 fully saturated rings. The van der Waals surface area contributed by atoms with Crippen molar-refractivity contribution in [2.24, 2.45) is 0 Å². The molecule has 2 aliphatic rings. The normalized spacial score (nSPS) is 31.9. The first kappa shape index (κ1) is 13.0. The van der Waals surface area contributed by atoms with Crippen LogP contribution in [0.15, 0.2) is 17.6 Å². The highest BCUT2D eigenvalue weighted by Crippen LogP contribution is 2.27. The van der Waals surface area contributed by atoms with Crippen LogP contribution in [0.4, 0.5) is 0 Å². The van der Waals surface area contributed by atoms with E-state index in [1.807, 2.05) is 0 Å². The minimum atomic E-state index is -3.52. The number of nitrogens with one attached hydrogen (secondary N) is 2. The number of rotatable bonds is 3. The Bertz CT molecular complexity index is 516. The average Bonchev–Trinajstić information content (AvgIpc) is 2.93. The predicted octanol–water partition coefficient (Wildman–Crippen LogP) is 0.0245. The smallest absolute Gasteiger partial charge is 0.257 e. The fourth-order valence-corrected chi connectivity index (χ4v) is 3.83. The molecular formula is C11H17N3O4S. The third-order valence-electron chi connectivity index (χ3n) is 3.56. The molecule has 3 atom stereocenters. The largest absolute Gasteiger partial charge is 0.373 e. The Kier molecular flexibility index (Phi) is 3.57. The zero-order valence-corrected chi connectivity index (χ0v) is 11.2. The van der Waals surface area contributed by atoms with E-state index in [1.54, 1.807) is 0 Å². The van der Waals surface area contributed by atoms with E-state index in [9.17, 15) is 8.42 Å². The molecule has 1 aromatic rings. The highest BCUT2D eigenvalue weighted by atomic mass is 32.2. The van der Waals surface area contributed by atoms with Gasteiger partial charge in [0.15, 0.2) is 5.03 Å². The summed E-state index contributed by atoms with van der Waals surface area (Å²) in [5.74, 6) is 0. The molecule has 19 heavy (non-hydrogen) atoms. The van der Waals surface area contributed by atoms with E-state index in [1.165, 1.54) is 12.5 Å². The molecule has 7 nitrogen and oxygen atoms in total. The Hall–Kier alpha value is -0.960. The van der Waals surface area contributed by atoms with E-state index >= 15 is 0 Å². The minimum absolute atomic E-state index is 0.00281. The van der Waals surface area contributed by atoms with Crippen LogP contribution in [0.2, 0.25) is 0 Å². The molecule has 2 heterocycles. The fraction of sp³-hybridized carbons (Fsp3) is 0.727. The summed E-state index contributed by atoms with van der Waals surface area (Å²) in [6.07, 6.45) is 4.99. The van der Waals surface area contributed by atoms with Gasteiger partial charge in [-0.25, -0.2) is 18.1 Å². The molecule has 0 amide bonds. The average molecular weight is 287 g/mol. The van der Waals surface area contributed by atoms with Gasteiger partial charge in [0.1, 0.15) is 0 Å². The van der Waals surface area contributed by atoms with Crippen LogP contribution in [0, 0.1) is 0 Å². The quantitative estimate of drug-likeness (QED) is 0.818. The van der Waals surface area contributed by atoms with Crippen molar-refractivity contribution in [2.75, 3.05) is 13.2 Å². The molecule has 1 aromatic heterocycles. The van der Waals surface area contributed by atoms with E-state index < -0.39 is 10.0 Å². The second kappa shape index (κ2) is 5.20. The van der Waals surface area contributed by atoms with Crippen molar-refractivity contribution >= 4 is 10.0 Å². The standard InChI is InChI=1S/C11H17N3O4S/c15-19(16,11-6-12-7-13-11)14-8-1-2-9-10(5-8)18-4-3-17-9/h6-10,14H,1-5H2,(H,12,13). The zero-order valence-electron chi connectivity index (χ0n) is 10.4. The van der Waals surface area contributed by atoms with Crippen LogP contribution in [0.1, 0.15) is 19.3 Å². The molecule has 0 aromatic carbocycles. The molecule has 1 saturated heterocycles. The van der Waals surface area contributed by atoms with E-state index in [2.05, 4.69) is 14.7 Å². The molecule has 8 heteroatoms. The topological polar surface area (TPSA) is 93.3 Å². The minimum Gasteiger partial charge on any atom is -0.373 e. The molecule has 0 spiro atoms. The van der Waals surface area contributed by atoms with Crippen molar-refractivity contribution < 1.29 is 17.9 Å². The molecule has 1 aliphatic carbocycles. The zero-order chi connectivity index (χ0) is 13.3. The number of H-pyrrole nitrogens is 1. The summed E-state index contributed by atoms with van der Waals surface area (Å²) in [7, 11) is -3.52. The number of imidazole rings is 1. The second-order valence-electron chi connectivity index (χ2n) is 4.87. The highest BCUT2D eigenvalue weighted by Gasteiger charge is 2.35. The van der Waals surface area contributed by atoms with Gasteiger partial charge in [0.25, 0.3) is 10.0 Å². The second-order valence-corrected chi connectivity index (χ2v) is 6.55. The molecule has 0 radical (unpaired) electrons. The first-order valence-electron chi connectivity index (χ1n) is 6.39. The summed E-state index contributed by atoms with van der Waals surface area (Å²) >= 11 is 0. The summed E-state index contributed by atoms with van der Waals surface area (Å²) in [6.45, 7) is 1.22. The van der Waals surface area contributed by atoms with Crippen LogP contribution in [0.25, 0.3) is 0 Å². The van der Waals surface area contributed by atoms with Crippen molar-refractivity contribution in [1.82, 2.24) is 14.7 Å². The summed E-state index contributed by atoms with van der Waals surface area (Å²) < 4.78 is 38.1. The van der Waals surface area contributed by atoms with E-state index in [0.717, 1.165) is 12.8 Å². The Morgan fingerprint density at radius 3 is 2.79 bits per heavy atom. The number of sulfonamides is 1. The van der Waals surface area contributed by atoms with Crippen LogP contribution in [-0.2, 0) is 19.5 Å². The molecule has 3 rings (SSSR count). The molecule has 1 aliphatic heterocycles. The van der Waals surface area contributed by atoms with Crippen LogP contribution in [-0.4, -0.2) is 49.8 Å². The lowest BCUT2D eigenvalue weighted by molar-refractivity contribution is -0.156. The van der Waals surface area contributed by atoms with Gasteiger partial charge in [0.05, 0.1) is 37.9 Å². The highest BCUT2D eigenvalue weighted by molar-refractivity contribution is 7.89. The van der Waals surface area contributed by atoms with Gasteiger partial charge >= 0.3 is 0 Å². The summed E-state index contributed by atoms with van der Waals surface area (Å²) in [6, 6.07) is -0.115. The number of hydrogen-bond donors (Lipinski definition) is 2. The van der Waals surface area contributed by atoms with Crippen LogP contribution in [0.5, 0.6) is 0 Å². The van der Waals surface area contributed by atoms with E-state index in [0.29, 0.717) is 19.6 Å². The third kappa shape index (κ3) is 2.81. The van der Waals surface area contributed by atoms with Gasteiger partial charge in [-0.3, -0.25) is 0 Å². The Morgan fingerprint density at radius 1 is 1.26 bits per heavy atom. The van der Waals surface area contributed by atoms with Crippen LogP contribution >= 0.6 is 0 Å². The fourth-order valence-electron chi connectivity index (χ4n) is 2.65. The molecule has 3 unspecified atom stereocenters. The number of fused-ring (bicyclic) bond motifs is 1. The molecular weight excluding hydrogens is 270 g/mol. The number of nitrogens with zero attached hydrogens (tertiary/aromatic N) is 1. The first-order chi connectivity index (χ1) is 9.15. The van der Waals surface area contributed by atoms with Gasteiger partial charge in [-0.05, 0) is 19.3 Å². The Morgan fingerprint density at radius 2 is 2.05 bits per heavy atom. The monoisotopic (exact) mass is 287 g/mol. The lowest BCUT2D eigenvalue weighted by Gasteiger charge is -2.38. The molecule has 0 bridgehead atoms. The van der Waals surface area contributed by atoms with Crippen molar-refractivity contribution in [1.29, 1.82) is 0 Å². The van der Waals surface area contributed by atoms with Gasteiger partial charge < -0.3 is 14.5 Å². The van der Waals surface area contributed by atoms with Crippen LogP contribution < -0.4 is 4.72 Å². The maximum Gasteiger partial charge on any atom is 0.257 e. The SMILES string of the molecule is O=S(=O)(NC1CCC2OCCOC2C1)c1cnc[nH]1. The summed E-state index contributed by atoms with van der Waals surface area (Å²) in [4.78, 5) is 6.33. The van der Waals surface area contributed by atoms with Gasteiger partial charge in [-0.2, -0.15) is 0 Å². The molecule has 2 N–H and O–H groups in total. The van der Waals surface area contributed by atoms with Crippen molar-refractivity contribution in [2.45, 2.75) is 42.5 Å². The molecule has 1 saturated carbocycles. The predicted molar refractivity (Wildman–Crippen MR) is 66.0 cm³/mol. The maximum absolute atomic E-state index is 12.1. The van der Waals surface area contributed by atoms with Gasteiger partial charge in [0.2, 0.25) is 0 Å². The van der Waals surface area contributed by atoms with Gasteiger partial charge in [0, 0.05) is 6.04 Å². The Balaban J connectivity index is 1.65. The summed E-state index contributed by atoms with van der Waals surface area (Å²) in [5, 5.41) is 0.0930. The van der Waals surface area contributed by atoms with Crippen molar-refractivity contribution in [3.8, 4) is 0 Å².